The number of carbonyl (C=O) groups is 1. The summed E-state index contributed by atoms with van der Waals surface area (Å²) in [4.78, 5) is 22.2. The molecule has 0 aliphatic heterocycles. The minimum atomic E-state index is -2.64. The molecule has 0 saturated heterocycles. The summed E-state index contributed by atoms with van der Waals surface area (Å²) in [5.41, 5.74) is 1.35. The summed E-state index contributed by atoms with van der Waals surface area (Å²) >= 11 is -2.64. The third-order valence-corrected chi connectivity index (χ3v) is 3.83. The van der Waals surface area contributed by atoms with E-state index in [0.717, 1.165) is 9.87 Å². The van der Waals surface area contributed by atoms with Gasteiger partial charge in [0.05, 0.1) is 4.92 Å². The normalized spacial score (nSPS) is 11.6. The van der Waals surface area contributed by atoms with Gasteiger partial charge in [-0.3, -0.25) is 23.4 Å². The van der Waals surface area contributed by atoms with Gasteiger partial charge < -0.3 is 9.87 Å². The molecular weight excluding hydrogens is 334 g/mol. The highest BCUT2D eigenvalue weighted by Crippen LogP contribution is 2.19. The van der Waals surface area contributed by atoms with Crippen LogP contribution in [-0.2, 0) is 16.1 Å². The zero-order valence-corrected chi connectivity index (χ0v) is 13.5. The molecule has 0 saturated carbocycles. The van der Waals surface area contributed by atoms with Gasteiger partial charge in [-0.05, 0) is 25.1 Å². The average molecular weight is 348 g/mol. The van der Waals surface area contributed by atoms with Crippen molar-refractivity contribution in [2.45, 2.75) is 6.92 Å². The van der Waals surface area contributed by atoms with Gasteiger partial charge in [-0.2, -0.15) is 0 Å². The van der Waals surface area contributed by atoms with Crippen molar-refractivity contribution in [1.29, 1.82) is 0 Å². The summed E-state index contributed by atoms with van der Waals surface area (Å²) in [5.74, 6) is -0.611. The first-order valence-electron chi connectivity index (χ1n) is 6.84. The molecule has 1 N–H and O–H groups in total. The molecular formula is C15H14N3O5S-. The highest BCUT2D eigenvalue weighted by Gasteiger charge is 2.14. The van der Waals surface area contributed by atoms with Crippen LogP contribution in [0.25, 0.3) is 0 Å². The molecule has 0 aliphatic rings. The standard InChI is InChI=1S/C15H15N3O5S/c1-11-5-7-13(8-6-11)17(24(22)23)10-15(19)16-12-3-2-4-14(9-12)18(20)21/h2-9H,10H2,1H3,(H,16,19)(H,22,23)/p-1. The Bertz CT molecular complexity index is 779. The molecule has 1 amide bonds. The molecule has 0 radical (unpaired) electrons. The summed E-state index contributed by atoms with van der Waals surface area (Å²) < 4.78 is 23.6. The van der Waals surface area contributed by atoms with Crippen LogP contribution < -0.4 is 9.62 Å². The van der Waals surface area contributed by atoms with E-state index in [1.807, 2.05) is 6.92 Å². The van der Waals surface area contributed by atoms with Gasteiger partial charge in [0.15, 0.2) is 0 Å². The van der Waals surface area contributed by atoms with Gasteiger partial charge in [-0.1, -0.05) is 23.8 Å². The summed E-state index contributed by atoms with van der Waals surface area (Å²) in [6.07, 6.45) is 0. The fourth-order valence-corrected chi connectivity index (χ4v) is 2.49. The second-order valence-electron chi connectivity index (χ2n) is 4.94. The lowest BCUT2D eigenvalue weighted by Gasteiger charge is -2.25. The van der Waals surface area contributed by atoms with Crippen molar-refractivity contribution in [2.24, 2.45) is 0 Å². The molecule has 0 aromatic heterocycles. The summed E-state index contributed by atoms with van der Waals surface area (Å²) in [6, 6.07) is 12.0. The lowest BCUT2D eigenvalue weighted by Crippen LogP contribution is -2.34. The fourth-order valence-electron chi connectivity index (χ4n) is 1.97. The Morgan fingerprint density at radius 1 is 1.25 bits per heavy atom. The molecule has 1 unspecified atom stereocenters. The van der Waals surface area contributed by atoms with Crippen molar-refractivity contribution < 1.29 is 18.5 Å². The lowest BCUT2D eigenvalue weighted by molar-refractivity contribution is -0.384. The molecule has 0 spiro atoms. The van der Waals surface area contributed by atoms with Crippen LogP contribution >= 0.6 is 0 Å². The summed E-state index contributed by atoms with van der Waals surface area (Å²) in [7, 11) is 0. The van der Waals surface area contributed by atoms with Crippen LogP contribution in [0.5, 0.6) is 0 Å². The maximum atomic E-state index is 12.1. The Morgan fingerprint density at radius 3 is 2.50 bits per heavy atom. The summed E-state index contributed by atoms with van der Waals surface area (Å²) in [6.45, 7) is 1.42. The third-order valence-electron chi connectivity index (χ3n) is 3.13. The van der Waals surface area contributed by atoms with Crippen molar-refractivity contribution in [2.75, 3.05) is 16.2 Å². The van der Waals surface area contributed by atoms with Crippen LogP contribution in [0.2, 0.25) is 0 Å². The number of anilines is 2. The molecule has 2 aromatic carbocycles. The summed E-state index contributed by atoms with van der Waals surface area (Å²) in [5, 5.41) is 13.2. The van der Waals surface area contributed by atoms with Gasteiger partial charge in [-0.15, -0.1) is 0 Å². The molecule has 0 aliphatic carbocycles. The van der Waals surface area contributed by atoms with Gasteiger partial charge in [0.1, 0.15) is 6.54 Å². The highest BCUT2D eigenvalue weighted by atomic mass is 32.2. The number of benzene rings is 2. The van der Waals surface area contributed by atoms with Crippen LogP contribution in [0, 0.1) is 17.0 Å². The number of nitro groups is 1. The predicted octanol–water partition coefficient (Wildman–Crippen LogP) is 2.14. The fraction of sp³-hybridized carbons (Fsp3) is 0.133. The van der Waals surface area contributed by atoms with E-state index in [1.54, 1.807) is 24.3 Å². The topological polar surface area (TPSA) is 116 Å². The van der Waals surface area contributed by atoms with E-state index >= 15 is 0 Å². The van der Waals surface area contributed by atoms with Crippen LogP contribution in [0.4, 0.5) is 17.1 Å². The first-order chi connectivity index (χ1) is 11.4. The van der Waals surface area contributed by atoms with E-state index in [4.69, 9.17) is 0 Å². The van der Waals surface area contributed by atoms with Crippen molar-refractivity contribution >= 4 is 34.2 Å². The van der Waals surface area contributed by atoms with Crippen LogP contribution in [0.1, 0.15) is 5.56 Å². The Balaban J connectivity index is 2.11. The number of hydrogen-bond donors (Lipinski definition) is 1. The number of amides is 1. The van der Waals surface area contributed by atoms with Gasteiger partial charge >= 0.3 is 0 Å². The van der Waals surface area contributed by atoms with Gasteiger partial charge in [0.25, 0.3) is 5.69 Å². The van der Waals surface area contributed by atoms with E-state index in [0.29, 0.717) is 5.69 Å². The molecule has 0 bridgehead atoms. The van der Waals surface area contributed by atoms with E-state index < -0.39 is 28.6 Å². The van der Waals surface area contributed by atoms with Crippen LogP contribution in [0.15, 0.2) is 48.5 Å². The molecule has 9 heteroatoms. The molecule has 2 aromatic rings. The van der Waals surface area contributed by atoms with Crippen LogP contribution in [0.3, 0.4) is 0 Å². The monoisotopic (exact) mass is 348 g/mol. The lowest BCUT2D eigenvalue weighted by atomic mass is 10.2. The second kappa shape index (κ2) is 7.66. The minimum Gasteiger partial charge on any atom is -0.755 e. The maximum Gasteiger partial charge on any atom is 0.271 e. The van der Waals surface area contributed by atoms with Crippen molar-refractivity contribution in [1.82, 2.24) is 0 Å². The Kier molecular flexibility index (Phi) is 5.61. The predicted molar refractivity (Wildman–Crippen MR) is 89.2 cm³/mol. The zero-order chi connectivity index (χ0) is 17.7. The van der Waals surface area contributed by atoms with Gasteiger partial charge in [-0.25, -0.2) is 0 Å². The number of nitrogens with one attached hydrogen (secondary N) is 1. The van der Waals surface area contributed by atoms with Crippen molar-refractivity contribution in [3.8, 4) is 0 Å². The zero-order valence-electron chi connectivity index (χ0n) is 12.7. The molecule has 8 nitrogen and oxygen atoms in total. The highest BCUT2D eigenvalue weighted by molar-refractivity contribution is 7.80. The van der Waals surface area contributed by atoms with E-state index in [9.17, 15) is 23.7 Å². The number of nitrogens with zero attached hydrogens (tertiary/aromatic N) is 2. The Morgan fingerprint density at radius 2 is 1.92 bits per heavy atom. The second-order valence-corrected chi connectivity index (χ2v) is 5.82. The molecule has 2 rings (SSSR count). The van der Waals surface area contributed by atoms with Crippen molar-refractivity contribution in [3.63, 3.8) is 0 Å². The van der Waals surface area contributed by atoms with Gasteiger partial charge in [0.2, 0.25) is 5.91 Å². The third kappa shape index (κ3) is 4.61. The maximum absolute atomic E-state index is 12.1. The number of hydrogen-bond acceptors (Lipinski definition) is 5. The number of rotatable bonds is 6. The molecule has 1 atom stereocenters. The van der Waals surface area contributed by atoms with E-state index in [1.165, 1.54) is 24.3 Å². The number of nitro benzene ring substituents is 1. The van der Waals surface area contributed by atoms with E-state index in [2.05, 4.69) is 5.32 Å². The largest absolute Gasteiger partial charge is 0.755 e. The average Bonchev–Trinajstić information content (AvgIpc) is 2.53. The Hall–Kier alpha value is -2.78. The van der Waals surface area contributed by atoms with E-state index in [-0.39, 0.29) is 11.4 Å². The SMILES string of the molecule is Cc1ccc(N(CC(=O)Nc2cccc([N+](=O)[O-])c2)S(=O)[O-])cc1. The quantitative estimate of drug-likeness (QED) is 0.488. The first kappa shape index (κ1) is 17.6. The smallest absolute Gasteiger partial charge is 0.271 e. The number of aryl methyl sites for hydroxylation is 1. The molecule has 24 heavy (non-hydrogen) atoms. The van der Waals surface area contributed by atoms with Crippen LogP contribution in [-0.4, -0.2) is 26.1 Å². The molecule has 0 fully saturated rings. The molecule has 0 heterocycles. The minimum absolute atomic E-state index is 0.171. The Labute approximate surface area is 140 Å². The first-order valence-corrected chi connectivity index (χ1v) is 7.88. The molecule has 126 valence electrons. The van der Waals surface area contributed by atoms with Crippen molar-refractivity contribution in [3.05, 3.63) is 64.2 Å². The number of carbonyl (C=O) groups excluding carboxylic acids is 1. The number of non-ortho nitro benzene ring substituents is 1. The van der Waals surface area contributed by atoms with Gasteiger partial charge in [0, 0.05) is 34.8 Å².